The number of carbonyl (C=O) groups is 1. The molecule has 0 aliphatic heterocycles. The number of benzene rings is 1. The highest BCUT2D eigenvalue weighted by molar-refractivity contribution is 5.81. The molecular formula is C15H21FN2O. The summed E-state index contributed by atoms with van der Waals surface area (Å²) in [6.45, 7) is 9.81. The molecule has 0 aliphatic carbocycles. The van der Waals surface area contributed by atoms with Crippen molar-refractivity contribution in [3.63, 3.8) is 0 Å². The van der Waals surface area contributed by atoms with Gasteiger partial charge in [-0.3, -0.25) is 4.79 Å². The Bertz CT molecular complexity index is 448. The molecule has 4 heteroatoms. The minimum Gasteiger partial charge on any atom is -0.351 e. The van der Waals surface area contributed by atoms with Gasteiger partial charge in [-0.1, -0.05) is 18.2 Å². The van der Waals surface area contributed by atoms with E-state index in [1.54, 1.807) is 39.0 Å². The third kappa shape index (κ3) is 4.48. The van der Waals surface area contributed by atoms with Gasteiger partial charge >= 0.3 is 0 Å². The number of aryl methyl sites for hydroxylation is 2. The maximum atomic E-state index is 13.5. The summed E-state index contributed by atoms with van der Waals surface area (Å²) in [7, 11) is 0. The van der Waals surface area contributed by atoms with Crippen LogP contribution in [0.3, 0.4) is 0 Å². The lowest BCUT2D eigenvalue weighted by Crippen LogP contribution is -2.41. The number of halogens is 1. The minimum absolute atomic E-state index is 0.0737. The van der Waals surface area contributed by atoms with Crippen molar-refractivity contribution < 1.29 is 9.18 Å². The number of carbonyl (C=O) groups excluding carboxylic acids is 1. The van der Waals surface area contributed by atoms with Crippen LogP contribution in [-0.4, -0.2) is 18.5 Å². The van der Waals surface area contributed by atoms with Gasteiger partial charge < -0.3 is 10.6 Å². The monoisotopic (exact) mass is 264 g/mol. The second-order valence-electron chi connectivity index (χ2n) is 4.68. The van der Waals surface area contributed by atoms with Crippen molar-refractivity contribution in [3.8, 4) is 0 Å². The van der Waals surface area contributed by atoms with Crippen molar-refractivity contribution in [2.24, 2.45) is 0 Å². The Morgan fingerprint density at radius 2 is 2.00 bits per heavy atom. The van der Waals surface area contributed by atoms with Crippen LogP contribution in [0.4, 0.5) is 4.39 Å². The molecule has 1 aromatic rings. The molecule has 0 saturated heterocycles. The van der Waals surface area contributed by atoms with Crippen LogP contribution in [0, 0.1) is 19.7 Å². The summed E-state index contributed by atoms with van der Waals surface area (Å²) in [5.41, 5.74) is 2.22. The zero-order valence-electron chi connectivity index (χ0n) is 11.7. The second kappa shape index (κ2) is 7.04. The molecule has 1 unspecified atom stereocenters. The van der Waals surface area contributed by atoms with E-state index < -0.39 is 0 Å². The normalized spacial score (nSPS) is 12.0. The predicted molar refractivity (Wildman–Crippen MR) is 75.4 cm³/mol. The fraction of sp³-hybridized carbons (Fsp3) is 0.400. The summed E-state index contributed by atoms with van der Waals surface area (Å²) in [5, 5.41) is 5.83. The highest BCUT2D eigenvalue weighted by atomic mass is 19.1. The quantitative estimate of drug-likeness (QED) is 0.774. The van der Waals surface area contributed by atoms with Crippen molar-refractivity contribution in [2.45, 2.75) is 33.4 Å². The maximum Gasteiger partial charge on any atom is 0.237 e. The average molecular weight is 264 g/mol. The zero-order chi connectivity index (χ0) is 14.4. The number of hydrogen-bond donors (Lipinski definition) is 2. The molecule has 3 nitrogen and oxygen atoms in total. The first kappa shape index (κ1) is 15.4. The van der Waals surface area contributed by atoms with Crippen LogP contribution in [0.2, 0.25) is 0 Å². The van der Waals surface area contributed by atoms with Crippen molar-refractivity contribution >= 4 is 5.91 Å². The Labute approximate surface area is 113 Å². The lowest BCUT2D eigenvalue weighted by Gasteiger charge is -2.14. The molecule has 1 amide bonds. The Kier molecular flexibility index (Phi) is 5.70. The molecule has 0 fully saturated rings. The maximum absolute atomic E-state index is 13.5. The second-order valence-corrected chi connectivity index (χ2v) is 4.68. The van der Waals surface area contributed by atoms with Crippen molar-refractivity contribution in [3.05, 3.63) is 47.3 Å². The summed E-state index contributed by atoms with van der Waals surface area (Å²) in [6.07, 6.45) is 1.64. The van der Waals surface area contributed by atoms with Crippen LogP contribution >= 0.6 is 0 Å². The molecule has 0 radical (unpaired) electrons. The summed E-state index contributed by atoms with van der Waals surface area (Å²) >= 11 is 0. The molecule has 0 bridgehead atoms. The lowest BCUT2D eigenvalue weighted by molar-refractivity contribution is -0.122. The Balaban J connectivity index is 2.57. The topological polar surface area (TPSA) is 41.1 Å². The highest BCUT2D eigenvalue weighted by Gasteiger charge is 2.11. The van der Waals surface area contributed by atoms with Crippen molar-refractivity contribution in [1.82, 2.24) is 10.6 Å². The van der Waals surface area contributed by atoms with E-state index in [0.29, 0.717) is 24.2 Å². The molecule has 0 heterocycles. The lowest BCUT2D eigenvalue weighted by atomic mass is 10.1. The van der Waals surface area contributed by atoms with Crippen LogP contribution < -0.4 is 10.6 Å². The Hall–Kier alpha value is -1.68. The predicted octanol–water partition coefficient (Wildman–Crippen LogP) is 2.22. The van der Waals surface area contributed by atoms with Crippen LogP contribution in [0.5, 0.6) is 0 Å². The summed E-state index contributed by atoms with van der Waals surface area (Å²) < 4.78 is 13.5. The number of nitrogens with one attached hydrogen (secondary N) is 2. The van der Waals surface area contributed by atoms with Gasteiger partial charge in [0.05, 0.1) is 6.04 Å². The van der Waals surface area contributed by atoms with Crippen LogP contribution in [0.15, 0.2) is 24.8 Å². The molecule has 0 saturated carbocycles. The fourth-order valence-electron chi connectivity index (χ4n) is 1.83. The van der Waals surface area contributed by atoms with Crippen LogP contribution in [-0.2, 0) is 11.3 Å². The van der Waals surface area contributed by atoms with E-state index in [0.717, 1.165) is 5.56 Å². The molecule has 0 aromatic heterocycles. The van der Waals surface area contributed by atoms with Gasteiger partial charge in [0, 0.05) is 13.1 Å². The van der Waals surface area contributed by atoms with E-state index in [1.165, 1.54) is 0 Å². The molecule has 1 atom stereocenters. The van der Waals surface area contributed by atoms with Crippen molar-refractivity contribution in [2.75, 3.05) is 6.54 Å². The van der Waals surface area contributed by atoms with Crippen LogP contribution in [0.25, 0.3) is 0 Å². The van der Waals surface area contributed by atoms with Gasteiger partial charge in [0.15, 0.2) is 0 Å². The van der Waals surface area contributed by atoms with Gasteiger partial charge in [-0.15, -0.1) is 6.58 Å². The van der Waals surface area contributed by atoms with Gasteiger partial charge in [0.25, 0.3) is 0 Å². The number of amides is 1. The number of rotatable bonds is 6. The van der Waals surface area contributed by atoms with E-state index in [9.17, 15) is 9.18 Å². The van der Waals surface area contributed by atoms with Crippen LogP contribution in [0.1, 0.15) is 23.6 Å². The molecule has 1 aromatic carbocycles. The highest BCUT2D eigenvalue weighted by Crippen LogP contribution is 2.14. The summed E-state index contributed by atoms with van der Waals surface area (Å²) in [5.74, 6) is -0.240. The van der Waals surface area contributed by atoms with Gasteiger partial charge in [0.1, 0.15) is 5.82 Å². The van der Waals surface area contributed by atoms with Gasteiger partial charge in [-0.05, 0) is 37.5 Å². The molecule has 0 spiro atoms. The first-order chi connectivity index (χ1) is 8.95. The molecule has 104 valence electrons. The smallest absolute Gasteiger partial charge is 0.237 e. The third-order valence-electron chi connectivity index (χ3n) is 2.92. The first-order valence-corrected chi connectivity index (χ1v) is 6.33. The van der Waals surface area contributed by atoms with E-state index in [-0.39, 0.29) is 17.8 Å². The molecule has 2 N–H and O–H groups in total. The summed E-state index contributed by atoms with van der Waals surface area (Å²) in [6, 6.07) is 3.29. The molecule has 1 rings (SSSR count). The standard InChI is InChI=1S/C15H21FN2O/c1-5-6-17-15(19)12(4)18-9-13-7-10(2)14(16)11(3)8-13/h5,7-8,12,18H,1,6,9H2,2-4H3,(H,17,19). The SMILES string of the molecule is C=CCNC(=O)C(C)NCc1cc(C)c(F)c(C)c1. The number of hydrogen-bond acceptors (Lipinski definition) is 2. The average Bonchev–Trinajstić information content (AvgIpc) is 2.39. The molecule has 0 aliphatic rings. The minimum atomic E-state index is -0.300. The fourth-order valence-corrected chi connectivity index (χ4v) is 1.83. The van der Waals surface area contributed by atoms with Gasteiger partial charge in [-0.2, -0.15) is 0 Å². The van der Waals surface area contributed by atoms with Gasteiger partial charge in [-0.25, -0.2) is 4.39 Å². The molecule has 19 heavy (non-hydrogen) atoms. The molecular weight excluding hydrogens is 243 g/mol. The zero-order valence-corrected chi connectivity index (χ0v) is 11.7. The van der Waals surface area contributed by atoms with E-state index >= 15 is 0 Å². The van der Waals surface area contributed by atoms with E-state index in [1.807, 2.05) is 0 Å². The Morgan fingerprint density at radius 1 is 1.42 bits per heavy atom. The third-order valence-corrected chi connectivity index (χ3v) is 2.92. The Morgan fingerprint density at radius 3 is 2.53 bits per heavy atom. The van der Waals surface area contributed by atoms with Gasteiger partial charge in [0.2, 0.25) is 5.91 Å². The summed E-state index contributed by atoms with van der Waals surface area (Å²) in [4.78, 5) is 11.6. The largest absolute Gasteiger partial charge is 0.351 e. The first-order valence-electron chi connectivity index (χ1n) is 6.33. The van der Waals surface area contributed by atoms with E-state index in [2.05, 4.69) is 17.2 Å². The van der Waals surface area contributed by atoms with E-state index in [4.69, 9.17) is 0 Å². The van der Waals surface area contributed by atoms with Crippen molar-refractivity contribution in [1.29, 1.82) is 0 Å².